The van der Waals surface area contributed by atoms with Crippen LogP contribution in [0.5, 0.6) is 0 Å². The number of nitrogens with one attached hydrogen (secondary N) is 1. The van der Waals surface area contributed by atoms with E-state index in [0.29, 0.717) is 17.8 Å². The first-order valence-corrected chi connectivity index (χ1v) is 6.98. The van der Waals surface area contributed by atoms with E-state index < -0.39 is 5.97 Å². The SMILES string of the molecule is C=C(NC(C)=O)C(=O)O[C@H]1C[C@@H](C)CC[C@@H]1C(C)C. The van der Waals surface area contributed by atoms with Gasteiger partial charge in [-0.1, -0.05) is 33.8 Å². The van der Waals surface area contributed by atoms with Crippen molar-refractivity contribution < 1.29 is 14.3 Å². The van der Waals surface area contributed by atoms with E-state index in [1.807, 2.05) is 0 Å². The zero-order valence-corrected chi connectivity index (χ0v) is 12.4. The van der Waals surface area contributed by atoms with Gasteiger partial charge in [0.25, 0.3) is 0 Å². The average Bonchev–Trinajstić information content (AvgIpc) is 2.27. The largest absolute Gasteiger partial charge is 0.457 e. The Morgan fingerprint density at radius 2 is 1.95 bits per heavy atom. The fourth-order valence-corrected chi connectivity index (χ4v) is 2.72. The summed E-state index contributed by atoms with van der Waals surface area (Å²) in [5.41, 5.74) is 0.0215. The molecule has 4 nitrogen and oxygen atoms in total. The van der Waals surface area contributed by atoms with Gasteiger partial charge in [-0.15, -0.1) is 0 Å². The predicted octanol–water partition coefficient (Wildman–Crippen LogP) is 2.64. The van der Waals surface area contributed by atoms with E-state index in [4.69, 9.17) is 4.74 Å². The standard InChI is InChI=1S/C15H25NO3/c1-9(2)13-7-6-10(3)8-14(13)19-15(18)11(4)16-12(5)17/h9-10,13-14H,4,6-8H2,1-3,5H3,(H,16,17)/t10-,13+,14-/m0/s1. The van der Waals surface area contributed by atoms with Crippen LogP contribution in [0, 0.1) is 17.8 Å². The van der Waals surface area contributed by atoms with Crippen molar-refractivity contribution in [2.75, 3.05) is 0 Å². The Morgan fingerprint density at radius 1 is 1.32 bits per heavy atom. The lowest BCUT2D eigenvalue weighted by Gasteiger charge is -2.36. The maximum atomic E-state index is 11.9. The van der Waals surface area contributed by atoms with Gasteiger partial charge in [0.2, 0.25) is 5.91 Å². The zero-order valence-electron chi connectivity index (χ0n) is 12.4. The summed E-state index contributed by atoms with van der Waals surface area (Å²) in [6.07, 6.45) is 3.09. The first-order chi connectivity index (χ1) is 8.81. The molecule has 3 atom stereocenters. The van der Waals surface area contributed by atoms with Gasteiger partial charge in [0.15, 0.2) is 0 Å². The van der Waals surface area contributed by atoms with Gasteiger partial charge in [-0.25, -0.2) is 4.79 Å². The second-order valence-corrected chi connectivity index (χ2v) is 5.93. The van der Waals surface area contributed by atoms with E-state index in [-0.39, 0.29) is 17.7 Å². The highest BCUT2D eigenvalue weighted by molar-refractivity contribution is 5.92. The Labute approximate surface area is 115 Å². The third-order valence-corrected chi connectivity index (χ3v) is 3.79. The highest BCUT2D eigenvalue weighted by Gasteiger charge is 2.33. The van der Waals surface area contributed by atoms with Crippen molar-refractivity contribution in [3.05, 3.63) is 12.3 Å². The Bertz CT molecular complexity index is 362. The fraction of sp³-hybridized carbons (Fsp3) is 0.733. The number of carbonyl (C=O) groups excluding carboxylic acids is 2. The first-order valence-electron chi connectivity index (χ1n) is 6.98. The molecular weight excluding hydrogens is 242 g/mol. The monoisotopic (exact) mass is 267 g/mol. The topological polar surface area (TPSA) is 55.4 Å². The summed E-state index contributed by atoms with van der Waals surface area (Å²) in [5.74, 6) is 0.630. The number of esters is 1. The number of rotatable bonds is 4. The molecule has 19 heavy (non-hydrogen) atoms. The van der Waals surface area contributed by atoms with Gasteiger partial charge in [-0.05, 0) is 30.6 Å². The minimum absolute atomic E-state index is 0.0215. The first kappa shape index (κ1) is 15.7. The van der Waals surface area contributed by atoms with E-state index in [9.17, 15) is 9.59 Å². The van der Waals surface area contributed by atoms with E-state index in [0.717, 1.165) is 12.8 Å². The molecule has 1 N–H and O–H groups in total. The van der Waals surface area contributed by atoms with Crippen molar-refractivity contribution in [2.45, 2.75) is 53.1 Å². The van der Waals surface area contributed by atoms with Gasteiger partial charge in [-0.2, -0.15) is 0 Å². The second kappa shape index (κ2) is 6.73. The Kier molecular flexibility index (Phi) is 5.58. The van der Waals surface area contributed by atoms with Gasteiger partial charge in [0, 0.05) is 6.92 Å². The number of hydrogen-bond acceptors (Lipinski definition) is 3. The summed E-state index contributed by atoms with van der Waals surface area (Å²) < 4.78 is 5.55. The molecule has 1 rings (SSSR count). The molecule has 0 aromatic rings. The zero-order chi connectivity index (χ0) is 14.6. The summed E-state index contributed by atoms with van der Waals surface area (Å²) in [6.45, 7) is 11.4. The third kappa shape index (κ3) is 4.69. The van der Waals surface area contributed by atoms with Gasteiger partial charge in [-0.3, -0.25) is 4.79 Å². The van der Waals surface area contributed by atoms with Crippen molar-refractivity contribution in [2.24, 2.45) is 17.8 Å². The van der Waals surface area contributed by atoms with E-state index in [1.54, 1.807) is 0 Å². The molecule has 1 fully saturated rings. The summed E-state index contributed by atoms with van der Waals surface area (Å²) in [4.78, 5) is 22.8. The van der Waals surface area contributed by atoms with Gasteiger partial charge >= 0.3 is 5.97 Å². The van der Waals surface area contributed by atoms with Crippen molar-refractivity contribution in [1.29, 1.82) is 0 Å². The maximum absolute atomic E-state index is 11.9. The molecule has 0 aliphatic heterocycles. The number of carbonyl (C=O) groups is 2. The lowest BCUT2D eigenvalue weighted by atomic mass is 9.75. The van der Waals surface area contributed by atoms with Crippen LogP contribution in [-0.2, 0) is 14.3 Å². The molecule has 1 amide bonds. The van der Waals surface area contributed by atoms with Crippen LogP contribution >= 0.6 is 0 Å². The van der Waals surface area contributed by atoms with Crippen molar-refractivity contribution in [1.82, 2.24) is 5.32 Å². The number of hydrogen-bond donors (Lipinski definition) is 1. The molecule has 0 radical (unpaired) electrons. The summed E-state index contributed by atoms with van der Waals surface area (Å²) in [6, 6.07) is 0. The van der Waals surface area contributed by atoms with E-state index in [1.165, 1.54) is 13.3 Å². The summed E-state index contributed by atoms with van der Waals surface area (Å²) in [7, 11) is 0. The van der Waals surface area contributed by atoms with Crippen LogP contribution in [0.2, 0.25) is 0 Å². The minimum Gasteiger partial charge on any atom is -0.457 e. The molecule has 0 aromatic heterocycles. The Hall–Kier alpha value is -1.32. The molecule has 0 saturated heterocycles. The van der Waals surface area contributed by atoms with Crippen molar-refractivity contribution >= 4 is 11.9 Å². The van der Waals surface area contributed by atoms with Crippen LogP contribution in [0.1, 0.15) is 47.0 Å². The highest BCUT2D eigenvalue weighted by atomic mass is 16.5. The molecule has 1 aliphatic carbocycles. The van der Waals surface area contributed by atoms with E-state index in [2.05, 4.69) is 32.7 Å². The Morgan fingerprint density at radius 3 is 2.47 bits per heavy atom. The molecule has 1 aliphatic rings. The smallest absolute Gasteiger partial charge is 0.354 e. The molecule has 0 aromatic carbocycles. The average molecular weight is 267 g/mol. The van der Waals surface area contributed by atoms with Gasteiger partial charge in [0.05, 0.1) is 0 Å². The molecule has 0 spiro atoms. The van der Waals surface area contributed by atoms with Crippen LogP contribution in [0.15, 0.2) is 12.3 Å². The van der Waals surface area contributed by atoms with Gasteiger partial charge < -0.3 is 10.1 Å². The van der Waals surface area contributed by atoms with Crippen LogP contribution in [-0.4, -0.2) is 18.0 Å². The molecule has 0 bridgehead atoms. The molecule has 0 unspecified atom stereocenters. The van der Waals surface area contributed by atoms with Crippen LogP contribution in [0.3, 0.4) is 0 Å². The molecule has 4 heteroatoms. The van der Waals surface area contributed by atoms with Crippen LogP contribution in [0.25, 0.3) is 0 Å². The van der Waals surface area contributed by atoms with Crippen LogP contribution in [0.4, 0.5) is 0 Å². The Balaban J connectivity index is 2.63. The lowest BCUT2D eigenvalue weighted by Crippen LogP contribution is -2.37. The summed E-state index contributed by atoms with van der Waals surface area (Å²) >= 11 is 0. The van der Waals surface area contributed by atoms with Crippen LogP contribution < -0.4 is 5.32 Å². The highest BCUT2D eigenvalue weighted by Crippen LogP contribution is 2.35. The molecule has 108 valence electrons. The normalized spacial score (nSPS) is 26.9. The summed E-state index contributed by atoms with van der Waals surface area (Å²) in [5, 5.41) is 2.38. The van der Waals surface area contributed by atoms with E-state index >= 15 is 0 Å². The minimum atomic E-state index is -0.514. The molecule has 0 heterocycles. The van der Waals surface area contributed by atoms with Crippen molar-refractivity contribution in [3.8, 4) is 0 Å². The molecular formula is C15H25NO3. The number of ether oxygens (including phenoxy) is 1. The lowest BCUT2D eigenvalue weighted by molar-refractivity contribution is -0.152. The number of amides is 1. The quantitative estimate of drug-likeness (QED) is 0.629. The van der Waals surface area contributed by atoms with Gasteiger partial charge in [0.1, 0.15) is 11.8 Å². The maximum Gasteiger partial charge on any atom is 0.354 e. The fourth-order valence-electron chi connectivity index (χ4n) is 2.72. The third-order valence-electron chi connectivity index (χ3n) is 3.79. The molecule has 1 saturated carbocycles. The van der Waals surface area contributed by atoms with Crippen molar-refractivity contribution in [3.63, 3.8) is 0 Å². The predicted molar refractivity (Wildman–Crippen MR) is 74.2 cm³/mol. The second-order valence-electron chi connectivity index (χ2n) is 5.93.